The summed E-state index contributed by atoms with van der Waals surface area (Å²) >= 11 is 0. The minimum absolute atomic E-state index is 0.203. The molecular formula is C8H5F2NO3. The lowest BCUT2D eigenvalue weighted by molar-refractivity contribution is -0.387. The van der Waals surface area contributed by atoms with Gasteiger partial charge in [-0.25, -0.2) is 4.39 Å². The van der Waals surface area contributed by atoms with Gasteiger partial charge in [-0.2, -0.15) is 4.39 Å². The Morgan fingerprint density at radius 2 is 2.14 bits per heavy atom. The summed E-state index contributed by atoms with van der Waals surface area (Å²) in [6.07, 6.45) is -0.671. The normalized spacial score (nSPS) is 19.4. The van der Waals surface area contributed by atoms with E-state index in [1.807, 2.05) is 0 Å². The number of rotatable bonds is 2. The molecule has 0 saturated carbocycles. The van der Waals surface area contributed by atoms with Crippen LogP contribution in [0.15, 0.2) is 12.1 Å². The Labute approximate surface area is 77.3 Å². The number of benzene rings is 1. The van der Waals surface area contributed by atoms with Crippen LogP contribution < -0.4 is 0 Å². The summed E-state index contributed by atoms with van der Waals surface area (Å²) in [6, 6.07) is 1.68. The van der Waals surface area contributed by atoms with Gasteiger partial charge in [0.05, 0.1) is 17.1 Å². The quantitative estimate of drug-likeness (QED) is 0.417. The molecule has 1 heterocycles. The maximum Gasteiger partial charge on any atom is 0.305 e. The smallest absolute Gasteiger partial charge is 0.305 e. The van der Waals surface area contributed by atoms with Gasteiger partial charge in [-0.1, -0.05) is 0 Å². The molecule has 14 heavy (non-hydrogen) atoms. The number of nitro groups is 1. The van der Waals surface area contributed by atoms with Gasteiger partial charge >= 0.3 is 5.69 Å². The molecular weight excluding hydrogens is 196 g/mol. The Balaban J connectivity index is 2.56. The summed E-state index contributed by atoms with van der Waals surface area (Å²) < 4.78 is 31.0. The minimum Gasteiger partial charge on any atom is -0.368 e. The number of hydrogen-bond donors (Lipinski definition) is 0. The molecule has 1 fully saturated rings. The summed E-state index contributed by atoms with van der Waals surface area (Å²) in [5.74, 6) is -1.95. The molecule has 74 valence electrons. The Morgan fingerprint density at radius 3 is 2.64 bits per heavy atom. The summed E-state index contributed by atoms with van der Waals surface area (Å²) in [4.78, 5) is 9.44. The second kappa shape index (κ2) is 2.98. The molecule has 0 spiro atoms. The number of epoxide rings is 1. The second-order valence-corrected chi connectivity index (χ2v) is 2.87. The van der Waals surface area contributed by atoms with Crippen molar-refractivity contribution in [2.24, 2.45) is 0 Å². The lowest BCUT2D eigenvalue weighted by Gasteiger charge is -2.01. The zero-order valence-electron chi connectivity index (χ0n) is 6.87. The first-order valence-corrected chi connectivity index (χ1v) is 3.85. The highest BCUT2D eigenvalue weighted by Gasteiger charge is 2.34. The number of nitrogens with zero attached hydrogens (tertiary/aromatic N) is 1. The molecule has 1 aromatic rings. The van der Waals surface area contributed by atoms with Crippen molar-refractivity contribution in [3.8, 4) is 0 Å². The van der Waals surface area contributed by atoms with Gasteiger partial charge in [-0.15, -0.1) is 0 Å². The van der Waals surface area contributed by atoms with Crippen LogP contribution in [0, 0.1) is 21.7 Å². The van der Waals surface area contributed by atoms with Crippen LogP contribution in [-0.2, 0) is 4.74 Å². The molecule has 1 saturated heterocycles. The summed E-state index contributed by atoms with van der Waals surface area (Å²) in [5.41, 5.74) is -1.07. The molecule has 0 aliphatic carbocycles. The van der Waals surface area contributed by atoms with Crippen molar-refractivity contribution >= 4 is 5.69 Å². The third-order valence-electron chi connectivity index (χ3n) is 1.96. The molecule has 0 radical (unpaired) electrons. The molecule has 6 heteroatoms. The molecule has 0 N–H and O–H groups in total. The van der Waals surface area contributed by atoms with Crippen LogP contribution in [0.5, 0.6) is 0 Å². The monoisotopic (exact) mass is 201 g/mol. The van der Waals surface area contributed by atoms with Gasteiger partial charge in [-0.05, 0) is 6.07 Å². The van der Waals surface area contributed by atoms with Crippen LogP contribution in [0.1, 0.15) is 11.7 Å². The number of halogens is 2. The topological polar surface area (TPSA) is 55.7 Å². The maximum atomic E-state index is 13.3. The SMILES string of the molecule is O=[N+]([O-])c1ccc(F)c([C@@H]2CO2)c1F. The third-order valence-corrected chi connectivity index (χ3v) is 1.96. The van der Waals surface area contributed by atoms with E-state index in [0.29, 0.717) is 0 Å². The van der Waals surface area contributed by atoms with E-state index in [4.69, 9.17) is 0 Å². The van der Waals surface area contributed by atoms with Gasteiger partial charge in [0, 0.05) is 6.07 Å². The Kier molecular flexibility index (Phi) is 1.92. The lowest BCUT2D eigenvalue weighted by Crippen LogP contribution is -2.00. The minimum atomic E-state index is -1.14. The highest BCUT2D eigenvalue weighted by Crippen LogP contribution is 2.36. The van der Waals surface area contributed by atoms with Gasteiger partial charge in [0.1, 0.15) is 11.9 Å². The van der Waals surface area contributed by atoms with Gasteiger partial charge in [0.2, 0.25) is 5.82 Å². The summed E-state index contributed by atoms with van der Waals surface area (Å²) in [6.45, 7) is 0.203. The summed E-state index contributed by atoms with van der Waals surface area (Å²) in [7, 11) is 0. The van der Waals surface area contributed by atoms with Gasteiger partial charge in [0.25, 0.3) is 0 Å². The van der Waals surface area contributed by atoms with E-state index in [0.717, 1.165) is 12.1 Å². The highest BCUT2D eigenvalue weighted by molar-refractivity contribution is 5.39. The van der Waals surface area contributed by atoms with E-state index in [9.17, 15) is 18.9 Å². The Morgan fingerprint density at radius 1 is 1.50 bits per heavy atom. The first kappa shape index (κ1) is 9.01. The molecule has 0 unspecified atom stereocenters. The Hall–Kier alpha value is -1.56. The zero-order chi connectivity index (χ0) is 10.3. The van der Waals surface area contributed by atoms with Crippen LogP contribution in [0.25, 0.3) is 0 Å². The van der Waals surface area contributed by atoms with Gasteiger partial charge < -0.3 is 4.74 Å². The fourth-order valence-corrected chi connectivity index (χ4v) is 1.21. The molecule has 4 nitrogen and oxygen atoms in total. The molecule has 1 aliphatic heterocycles. The van der Waals surface area contributed by atoms with Crippen molar-refractivity contribution in [1.82, 2.24) is 0 Å². The van der Waals surface area contributed by atoms with Gasteiger partial charge in [0.15, 0.2) is 0 Å². The molecule has 0 aromatic heterocycles. The number of nitro benzene ring substituents is 1. The highest BCUT2D eigenvalue weighted by atomic mass is 19.1. The molecule has 0 amide bonds. The maximum absolute atomic E-state index is 13.3. The third kappa shape index (κ3) is 1.33. The van der Waals surface area contributed by atoms with Crippen LogP contribution >= 0.6 is 0 Å². The van der Waals surface area contributed by atoms with Gasteiger partial charge in [-0.3, -0.25) is 10.1 Å². The van der Waals surface area contributed by atoms with Crippen molar-refractivity contribution in [1.29, 1.82) is 0 Å². The number of hydrogen-bond acceptors (Lipinski definition) is 3. The predicted octanol–water partition coefficient (Wildman–Crippen LogP) is 1.94. The van der Waals surface area contributed by atoms with E-state index < -0.39 is 28.3 Å². The fourth-order valence-electron chi connectivity index (χ4n) is 1.21. The second-order valence-electron chi connectivity index (χ2n) is 2.87. The molecule has 1 aliphatic rings. The first-order chi connectivity index (χ1) is 6.61. The van der Waals surface area contributed by atoms with Crippen LogP contribution in [-0.4, -0.2) is 11.5 Å². The van der Waals surface area contributed by atoms with E-state index in [1.165, 1.54) is 0 Å². The average Bonchev–Trinajstić information content (AvgIpc) is 2.87. The van der Waals surface area contributed by atoms with Crippen molar-refractivity contribution < 1.29 is 18.4 Å². The van der Waals surface area contributed by atoms with Crippen molar-refractivity contribution in [2.45, 2.75) is 6.10 Å². The molecule has 0 bridgehead atoms. The predicted molar refractivity (Wildman–Crippen MR) is 41.7 cm³/mol. The van der Waals surface area contributed by atoms with Crippen molar-refractivity contribution in [3.05, 3.63) is 39.4 Å². The van der Waals surface area contributed by atoms with Crippen LogP contribution in [0.4, 0.5) is 14.5 Å². The Bertz CT molecular complexity index is 404. The fraction of sp³-hybridized carbons (Fsp3) is 0.250. The number of ether oxygens (including phenoxy) is 1. The molecule has 2 rings (SSSR count). The van der Waals surface area contributed by atoms with Crippen molar-refractivity contribution in [3.63, 3.8) is 0 Å². The molecule has 1 atom stereocenters. The van der Waals surface area contributed by atoms with Crippen LogP contribution in [0.3, 0.4) is 0 Å². The largest absolute Gasteiger partial charge is 0.368 e. The average molecular weight is 201 g/mol. The van der Waals surface area contributed by atoms with E-state index in [1.54, 1.807) is 0 Å². The van der Waals surface area contributed by atoms with E-state index in [2.05, 4.69) is 4.74 Å². The van der Waals surface area contributed by atoms with E-state index in [-0.39, 0.29) is 12.2 Å². The standard InChI is InChI=1S/C8H5F2NO3/c9-4-1-2-5(11(12)13)8(10)7(4)6-3-14-6/h1-2,6H,3H2/t6-/m0/s1. The van der Waals surface area contributed by atoms with E-state index >= 15 is 0 Å². The van der Waals surface area contributed by atoms with Crippen LogP contribution in [0.2, 0.25) is 0 Å². The first-order valence-electron chi connectivity index (χ1n) is 3.85. The van der Waals surface area contributed by atoms with Crippen molar-refractivity contribution in [2.75, 3.05) is 6.61 Å². The summed E-state index contributed by atoms with van der Waals surface area (Å²) in [5, 5.41) is 10.3. The molecule has 1 aromatic carbocycles. The zero-order valence-corrected chi connectivity index (χ0v) is 6.87. The lowest BCUT2D eigenvalue weighted by atomic mass is 10.1.